The highest BCUT2D eigenvalue weighted by atomic mass is 35.5. The summed E-state index contributed by atoms with van der Waals surface area (Å²) in [5.41, 5.74) is 0.888. The van der Waals surface area contributed by atoms with Crippen molar-refractivity contribution in [2.75, 3.05) is 11.9 Å². The van der Waals surface area contributed by atoms with Crippen molar-refractivity contribution in [1.29, 1.82) is 0 Å². The molecule has 2 aromatic rings. The van der Waals surface area contributed by atoms with Crippen LogP contribution in [0.1, 0.15) is 18.3 Å². The van der Waals surface area contributed by atoms with Crippen molar-refractivity contribution in [3.63, 3.8) is 0 Å². The number of hydrogen-bond donors (Lipinski definition) is 1. The zero-order valence-corrected chi connectivity index (χ0v) is 11.3. The average Bonchev–Trinajstić information content (AvgIpc) is 2.87. The van der Waals surface area contributed by atoms with Crippen LogP contribution in [0.15, 0.2) is 18.7 Å². The van der Waals surface area contributed by atoms with Crippen molar-refractivity contribution in [3.8, 4) is 0 Å². The molecule has 96 valence electrons. The molecule has 6 heteroatoms. The molecule has 0 amide bonds. The van der Waals surface area contributed by atoms with E-state index in [4.69, 9.17) is 11.6 Å². The predicted molar refractivity (Wildman–Crippen MR) is 71.9 cm³/mol. The van der Waals surface area contributed by atoms with E-state index < -0.39 is 0 Å². The Morgan fingerprint density at radius 2 is 2.22 bits per heavy atom. The Bertz CT molecular complexity index is 509. The normalized spacial score (nSPS) is 10.6. The third kappa shape index (κ3) is 2.98. The summed E-state index contributed by atoms with van der Waals surface area (Å²) >= 11 is 6.07. The van der Waals surface area contributed by atoms with Crippen LogP contribution in [0.4, 0.5) is 5.82 Å². The fourth-order valence-electron chi connectivity index (χ4n) is 1.59. The van der Waals surface area contributed by atoms with Gasteiger partial charge >= 0.3 is 0 Å². The Labute approximate surface area is 111 Å². The standard InChI is InChI=1S/C12H16ClN5/c1-3-10-16-11(13)9(2)12(17-10)15-5-7-18-6-4-14-8-18/h4,6,8H,3,5,7H2,1-2H3,(H,15,16,17). The lowest BCUT2D eigenvalue weighted by atomic mass is 10.3. The number of hydrogen-bond acceptors (Lipinski definition) is 4. The van der Waals surface area contributed by atoms with E-state index in [1.165, 1.54) is 0 Å². The van der Waals surface area contributed by atoms with Crippen LogP contribution < -0.4 is 5.32 Å². The minimum atomic E-state index is 0.520. The van der Waals surface area contributed by atoms with Crippen LogP contribution in [0, 0.1) is 6.92 Å². The van der Waals surface area contributed by atoms with E-state index in [1.54, 1.807) is 12.5 Å². The van der Waals surface area contributed by atoms with E-state index >= 15 is 0 Å². The van der Waals surface area contributed by atoms with Crippen LogP contribution >= 0.6 is 11.6 Å². The molecule has 0 bridgehead atoms. The van der Waals surface area contributed by atoms with Gasteiger partial charge in [0, 0.05) is 37.5 Å². The van der Waals surface area contributed by atoms with Gasteiger partial charge in [-0.05, 0) is 6.92 Å². The predicted octanol–water partition coefficient (Wildman–Crippen LogP) is 2.31. The first-order valence-corrected chi connectivity index (χ1v) is 6.31. The maximum absolute atomic E-state index is 6.07. The van der Waals surface area contributed by atoms with E-state index in [0.717, 1.165) is 36.7 Å². The SMILES string of the molecule is CCc1nc(Cl)c(C)c(NCCn2ccnc2)n1. The molecule has 0 fully saturated rings. The summed E-state index contributed by atoms with van der Waals surface area (Å²) in [6.07, 6.45) is 6.26. The lowest BCUT2D eigenvalue weighted by Gasteiger charge is -2.11. The highest BCUT2D eigenvalue weighted by Crippen LogP contribution is 2.19. The minimum Gasteiger partial charge on any atom is -0.368 e. The van der Waals surface area contributed by atoms with Gasteiger partial charge in [-0.2, -0.15) is 0 Å². The van der Waals surface area contributed by atoms with Crippen molar-refractivity contribution >= 4 is 17.4 Å². The number of imidazole rings is 1. The summed E-state index contributed by atoms with van der Waals surface area (Å²) in [5.74, 6) is 1.57. The molecular formula is C12H16ClN5. The van der Waals surface area contributed by atoms with Crippen molar-refractivity contribution in [2.24, 2.45) is 0 Å². The number of halogens is 1. The monoisotopic (exact) mass is 265 g/mol. The maximum atomic E-state index is 6.07. The molecule has 0 saturated carbocycles. The van der Waals surface area contributed by atoms with Crippen LogP contribution in [0.2, 0.25) is 5.15 Å². The molecule has 0 aromatic carbocycles. The number of anilines is 1. The largest absolute Gasteiger partial charge is 0.368 e. The summed E-state index contributed by atoms with van der Waals surface area (Å²) in [6.45, 7) is 5.54. The molecule has 5 nitrogen and oxygen atoms in total. The second-order valence-corrected chi connectivity index (χ2v) is 4.34. The molecule has 0 aliphatic heterocycles. The second-order valence-electron chi connectivity index (χ2n) is 3.99. The molecule has 2 rings (SSSR count). The van der Waals surface area contributed by atoms with Gasteiger partial charge in [-0.15, -0.1) is 0 Å². The Balaban J connectivity index is 2.02. The molecule has 2 heterocycles. The van der Waals surface area contributed by atoms with Crippen molar-refractivity contribution in [2.45, 2.75) is 26.8 Å². The Morgan fingerprint density at radius 1 is 1.39 bits per heavy atom. The highest BCUT2D eigenvalue weighted by molar-refractivity contribution is 6.30. The highest BCUT2D eigenvalue weighted by Gasteiger charge is 2.07. The lowest BCUT2D eigenvalue weighted by Crippen LogP contribution is -2.12. The lowest BCUT2D eigenvalue weighted by molar-refractivity contribution is 0.723. The van der Waals surface area contributed by atoms with Crippen LogP contribution in [0.3, 0.4) is 0 Å². The van der Waals surface area contributed by atoms with Crippen molar-refractivity contribution < 1.29 is 0 Å². The second kappa shape index (κ2) is 5.82. The average molecular weight is 266 g/mol. The molecule has 0 radical (unpaired) electrons. The summed E-state index contributed by atoms with van der Waals surface area (Å²) in [7, 11) is 0. The van der Waals surface area contributed by atoms with Gasteiger partial charge in [0.1, 0.15) is 16.8 Å². The van der Waals surface area contributed by atoms with Crippen LogP contribution in [-0.4, -0.2) is 26.1 Å². The molecule has 0 unspecified atom stereocenters. The molecule has 2 aromatic heterocycles. The van der Waals surface area contributed by atoms with Crippen LogP contribution in [0.25, 0.3) is 0 Å². The third-order valence-corrected chi connectivity index (χ3v) is 3.04. The fourth-order valence-corrected chi connectivity index (χ4v) is 1.77. The third-order valence-electron chi connectivity index (χ3n) is 2.67. The molecular weight excluding hydrogens is 250 g/mol. The van der Waals surface area contributed by atoms with E-state index in [0.29, 0.717) is 5.15 Å². The summed E-state index contributed by atoms with van der Waals surface area (Å²) in [5, 5.41) is 3.80. The Kier molecular flexibility index (Phi) is 4.15. The number of aryl methyl sites for hydroxylation is 1. The van der Waals surface area contributed by atoms with Gasteiger partial charge in [0.05, 0.1) is 6.33 Å². The Hall–Kier alpha value is -1.62. The van der Waals surface area contributed by atoms with E-state index in [1.807, 2.05) is 24.6 Å². The molecule has 1 N–H and O–H groups in total. The van der Waals surface area contributed by atoms with Gasteiger partial charge in [-0.1, -0.05) is 18.5 Å². The number of nitrogens with one attached hydrogen (secondary N) is 1. The number of nitrogens with zero attached hydrogens (tertiary/aromatic N) is 4. The minimum absolute atomic E-state index is 0.520. The first-order valence-electron chi connectivity index (χ1n) is 5.93. The quantitative estimate of drug-likeness (QED) is 0.843. The summed E-state index contributed by atoms with van der Waals surface area (Å²) in [4.78, 5) is 12.6. The number of rotatable bonds is 5. The molecule has 18 heavy (non-hydrogen) atoms. The van der Waals surface area contributed by atoms with Crippen molar-refractivity contribution in [1.82, 2.24) is 19.5 Å². The topological polar surface area (TPSA) is 55.6 Å². The first kappa shape index (κ1) is 12.8. The van der Waals surface area contributed by atoms with Gasteiger partial charge in [0.2, 0.25) is 0 Å². The summed E-state index contributed by atoms with van der Waals surface area (Å²) < 4.78 is 2.01. The van der Waals surface area contributed by atoms with Gasteiger partial charge in [0.15, 0.2) is 0 Å². The van der Waals surface area contributed by atoms with Gasteiger partial charge in [-0.3, -0.25) is 0 Å². The van der Waals surface area contributed by atoms with Gasteiger partial charge in [-0.25, -0.2) is 15.0 Å². The van der Waals surface area contributed by atoms with Crippen LogP contribution in [0.5, 0.6) is 0 Å². The molecule has 0 saturated heterocycles. The maximum Gasteiger partial charge on any atom is 0.137 e. The van der Waals surface area contributed by atoms with Crippen LogP contribution in [-0.2, 0) is 13.0 Å². The van der Waals surface area contributed by atoms with Crippen molar-refractivity contribution in [3.05, 3.63) is 35.3 Å². The zero-order chi connectivity index (χ0) is 13.0. The molecule has 0 atom stereocenters. The smallest absolute Gasteiger partial charge is 0.137 e. The summed E-state index contributed by atoms with van der Waals surface area (Å²) in [6, 6.07) is 0. The molecule has 0 aliphatic carbocycles. The van der Waals surface area contributed by atoms with E-state index in [9.17, 15) is 0 Å². The van der Waals surface area contributed by atoms with E-state index in [-0.39, 0.29) is 0 Å². The number of aromatic nitrogens is 4. The van der Waals surface area contributed by atoms with E-state index in [2.05, 4.69) is 20.3 Å². The zero-order valence-electron chi connectivity index (χ0n) is 10.5. The van der Waals surface area contributed by atoms with Gasteiger partial charge in [0.25, 0.3) is 0 Å². The molecule has 0 spiro atoms. The fraction of sp³-hybridized carbons (Fsp3) is 0.417. The molecule has 0 aliphatic rings. The Morgan fingerprint density at radius 3 is 2.89 bits per heavy atom. The van der Waals surface area contributed by atoms with Gasteiger partial charge < -0.3 is 9.88 Å². The first-order chi connectivity index (χ1) is 8.70.